The molecule has 0 saturated carbocycles. The first-order valence-electron chi connectivity index (χ1n) is 4.73. The van der Waals surface area contributed by atoms with Crippen LogP contribution in [-0.4, -0.2) is 23.9 Å². The van der Waals surface area contributed by atoms with E-state index in [1.54, 1.807) is 0 Å². The molecule has 1 aliphatic heterocycles. The molecule has 1 aromatic carbocycles. The van der Waals surface area contributed by atoms with Gasteiger partial charge in [-0.05, 0) is 17.7 Å². The van der Waals surface area contributed by atoms with Crippen molar-refractivity contribution in [3.63, 3.8) is 0 Å². The van der Waals surface area contributed by atoms with E-state index in [2.05, 4.69) is 0 Å². The minimum atomic E-state index is -0.673. The third-order valence-corrected chi connectivity index (χ3v) is 2.78. The lowest BCUT2D eigenvalue weighted by Crippen LogP contribution is -2.31. The summed E-state index contributed by atoms with van der Waals surface area (Å²) in [6, 6.07) is 7.57. The van der Waals surface area contributed by atoms with Crippen LogP contribution < -0.4 is 0 Å². The van der Waals surface area contributed by atoms with Gasteiger partial charge >= 0.3 is 0 Å². The quantitative estimate of drug-likeness (QED) is 0.813. The fraction of sp³-hybridized carbons (Fsp3) is 0.455. The first-order chi connectivity index (χ1) is 6.68. The minimum Gasteiger partial charge on any atom is -0.387 e. The van der Waals surface area contributed by atoms with E-state index in [9.17, 15) is 5.11 Å². The highest BCUT2D eigenvalue weighted by atomic mass is 35.5. The summed E-state index contributed by atoms with van der Waals surface area (Å²) in [5.74, 6) is 0. The molecule has 0 amide bonds. The highest BCUT2D eigenvalue weighted by molar-refractivity contribution is 6.30. The van der Waals surface area contributed by atoms with E-state index in [4.69, 9.17) is 16.3 Å². The van der Waals surface area contributed by atoms with E-state index in [-0.39, 0.29) is 0 Å². The van der Waals surface area contributed by atoms with Gasteiger partial charge in [0.2, 0.25) is 0 Å². The van der Waals surface area contributed by atoms with Gasteiger partial charge in [-0.25, -0.2) is 0 Å². The molecule has 0 spiro atoms. The maximum absolute atomic E-state index is 10.1. The first kappa shape index (κ1) is 9.97. The van der Waals surface area contributed by atoms with Gasteiger partial charge in [0, 0.05) is 24.5 Å². The zero-order chi connectivity index (χ0) is 10.0. The second kappa shape index (κ2) is 3.89. The zero-order valence-corrected chi connectivity index (χ0v) is 8.63. The molecule has 1 unspecified atom stereocenters. The summed E-state index contributed by atoms with van der Waals surface area (Å²) in [6.45, 7) is 1.10. The number of rotatable bonds is 2. The van der Waals surface area contributed by atoms with Gasteiger partial charge < -0.3 is 9.84 Å². The molecule has 1 atom stereocenters. The molecule has 1 fully saturated rings. The summed E-state index contributed by atoms with van der Waals surface area (Å²) >= 11 is 5.78. The van der Waals surface area contributed by atoms with E-state index in [1.807, 2.05) is 24.3 Å². The lowest BCUT2D eigenvalue weighted by atomic mass is 9.94. The van der Waals surface area contributed by atoms with Crippen molar-refractivity contribution >= 4 is 11.6 Å². The number of ether oxygens (including phenoxy) is 1. The van der Waals surface area contributed by atoms with Crippen molar-refractivity contribution in [3.8, 4) is 0 Å². The Morgan fingerprint density at radius 2 is 2.07 bits per heavy atom. The van der Waals surface area contributed by atoms with Gasteiger partial charge in [-0.15, -0.1) is 0 Å². The van der Waals surface area contributed by atoms with Crippen molar-refractivity contribution in [1.29, 1.82) is 0 Å². The Morgan fingerprint density at radius 3 is 2.64 bits per heavy atom. The Balaban J connectivity index is 2.06. The maximum atomic E-state index is 10.1. The van der Waals surface area contributed by atoms with Gasteiger partial charge in [-0.2, -0.15) is 0 Å². The average molecular weight is 213 g/mol. The van der Waals surface area contributed by atoms with Crippen LogP contribution in [0.4, 0.5) is 0 Å². The lowest BCUT2D eigenvalue weighted by molar-refractivity contribution is 0.0270. The molecule has 2 rings (SSSR count). The molecule has 1 N–H and O–H groups in total. The van der Waals surface area contributed by atoms with Crippen molar-refractivity contribution < 1.29 is 9.84 Å². The van der Waals surface area contributed by atoms with Crippen molar-refractivity contribution in [2.75, 3.05) is 13.2 Å². The summed E-state index contributed by atoms with van der Waals surface area (Å²) in [5, 5.41) is 10.8. The molecule has 0 bridgehead atoms. The first-order valence-corrected chi connectivity index (χ1v) is 5.10. The molecule has 1 heterocycles. The predicted molar refractivity (Wildman–Crippen MR) is 55.5 cm³/mol. The molecule has 76 valence electrons. The van der Waals surface area contributed by atoms with E-state index >= 15 is 0 Å². The SMILES string of the molecule is OC1(Cc2ccc(Cl)cc2)CCOC1. The van der Waals surface area contributed by atoms with Crippen LogP contribution in [0.3, 0.4) is 0 Å². The number of benzene rings is 1. The maximum Gasteiger partial charge on any atom is 0.0942 e. The molecular weight excluding hydrogens is 200 g/mol. The van der Waals surface area contributed by atoms with Gasteiger partial charge in [-0.3, -0.25) is 0 Å². The Morgan fingerprint density at radius 1 is 1.36 bits per heavy atom. The van der Waals surface area contributed by atoms with Gasteiger partial charge in [0.25, 0.3) is 0 Å². The molecule has 1 saturated heterocycles. The molecule has 14 heavy (non-hydrogen) atoms. The van der Waals surface area contributed by atoms with Crippen LogP contribution in [0.2, 0.25) is 5.02 Å². The van der Waals surface area contributed by atoms with Gasteiger partial charge in [-0.1, -0.05) is 23.7 Å². The number of aliphatic hydroxyl groups is 1. The highest BCUT2D eigenvalue weighted by Crippen LogP contribution is 2.23. The third-order valence-electron chi connectivity index (χ3n) is 2.53. The number of hydrogen-bond acceptors (Lipinski definition) is 2. The molecule has 1 aromatic rings. The van der Waals surface area contributed by atoms with Crippen LogP contribution in [0.5, 0.6) is 0 Å². The smallest absolute Gasteiger partial charge is 0.0942 e. The number of hydrogen-bond donors (Lipinski definition) is 1. The largest absolute Gasteiger partial charge is 0.387 e. The summed E-state index contributed by atoms with van der Waals surface area (Å²) < 4.78 is 5.18. The Bertz CT molecular complexity index is 302. The van der Waals surface area contributed by atoms with Crippen LogP contribution in [0.1, 0.15) is 12.0 Å². The standard InChI is InChI=1S/C11H13ClO2/c12-10-3-1-9(2-4-10)7-11(13)5-6-14-8-11/h1-4,13H,5-8H2. The van der Waals surface area contributed by atoms with Gasteiger partial charge in [0.15, 0.2) is 0 Å². The summed E-state index contributed by atoms with van der Waals surface area (Å²) in [5.41, 5.74) is 0.427. The fourth-order valence-electron chi connectivity index (χ4n) is 1.72. The molecule has 0 aromatic heterocycles. The van der Waals surface area contributed by atoms with E-state index < -0.39 is 5.60 Å². The highest BCUT2D eigenvalue weighted by Gasteiger charge is 2.32. The molecule has 0 aliphatic carbocycles. The Hall–Kier alpha value is -0.570. The Labute approximate surface area is 88.5 Å². The lowest BCUT2D eigenvalue weighted by Gasteiger charge is -2.20. The molecule has 2 nitrogen and oxygen atoms in total. The van der Waals surface area contributed by atoms with Crippen molar-refractivity contribution in [3.05, 3.63) is 34.9 Å². The van der Waals surface area contributed by atoms with Crippen LogP contribution in [0.25, 0.3) is 0 Å². The van der Waals surface area contributed by atoms with E-state index in [0.717, 1.165) is 17.0 Å². The minimum absolute atomic E-state index is 0.440. The average Bonchev–Trinajstić information content (AvgIpc) is 2.57. The topological polar surface area (TPSA) is 29.5 Å². The molecule has 3 heteroatoms. The second-order valence-electron chi connectivity index (χ2n) is 3.83. The van der Waals surface area contributed by atoms with E-state index in [0.29, 0.717) is 19.6 Å². The van der Waals surface area contributed by atoms with Crippen LogP contribution in [-0.2, 0) is 11.2 Å². The summed E-state index contributed by atoms with van der Waals surface area (Å²) in [6.07, 6.45) is 1.36. The molecular formula is C11H13ClO2. The predicted octanol–water partition coefficient (Wildman–Crippen LogP) is 2.03. The Kier molecular flexibility index (Phi) is 2.77. The van der Waals surface area contributed by atoms with Crippen LogP contribution in [0.15, 0.2) is 24.3 Å². The normalized spacial score (nSPS) is 26.7. The zero-order valence-electron chi connectivity index (χ0n) is 7.87. The summed E-state index contributed by atoms with van der Waals surface area (Å²) in [4.78, 5) is 0. The van der Waals surface area contributed by atoms with E-state index in [1.165, 1.54) is 0 Å². The third kappa shape index (κ3) is 2.27. The fourth-order valence-corrected chi connectivity index (χ4v) is 1.84. The number of halogens is 1. The molecule has 0 radical (unpaired) electrons. The van der Waals surface area contributed by atoms with Gasteiger partial charge in [0.1, 0.15) is 0 Å². The van der Waals surface area contributed by atoms with Crippen LogP contribution >= 0.6 is 11.6 Å². The summed E-state index contributed by atoms with van der Waals surface area (Å²) in [7, 11) is 0. The molecule has 1 aliphatic rings. The second-order valence-corrected chi connectivity index (χ2v) is 4.27. The van der Waals surface area contributed by atoms with Crippen molar-refractivity contribution in [2.24, 2.45) is 0 Å². The van der Waals surface area contributed by atoms with Crippen molar-refractivity contribution in [2.45, 2.75) is 18.4 Å². The van der Waals surface area contributed by atoms with Gasteiger partial charge in [0.05, 0.1) is 12.2 Å². The van der Waals surface area contributed by atoms with Crippen LogP contribution in [0, 0.1) is 0 Å². The monoisotopic (exact) mass is 212 g/mol. The van der Waals surface area contributed by atoms with Crippen molar-refractivity contribution in [1.82, 2.24) is 0 Å².